The minimum Gasteiger partial charge on any atom is -0.489 e. The number of aliphatic hydroxyl groups excluding tert-OH is 1. The van der Waals surface area contributed by atoms with Crippen LogP contribution in [0.2, 0.25) is 0 Å². The molecule has 2 aromatic carbocycles. The summed E-state index contributed by atoms with van der Waals surface area (Å²) in [6, 6.07) is 8.73. The van der Waals surface area contributed by atoms with Crippen LogP contribution in [0.25, 0.3) is 0 Å². The Morgan fingerprint density at radius 2 is 1.90 bits per heavy atom. The molecule has 156 valence electrons. The molecular formula is C20H22FNO6S. The normalized spacial score (nSPS) is 20.4. The molecule has 0 aliphatic carbocycles. The number of hydrogen-bond donors (Lipinski definition) is 2. The number of sulfonamides is 1. The summed E-state index contributed by atoms with van der Waals surface area (Å²) >= 11 is 0. The molecule has 29 heavy (non-hydrogen) atoms. The highest BCUT2D eigenvalue weighted by Crippen LogP contribution is 2.27. The molecule has 2 aromatic rings. The summed E-state index contributed by atoms with van der Waals surface area (Å²) in [6.07, 6.45) is -0.628. The van der Waals surface area contributed by atoms with E-state index in [1.54, 1.807) is 6.07 Å². The van der Waals surface area contributed by atoms with Crippen LogP contribution in [0.3, 0.4) is 0 Å². The lowest BCUT2D eigenvalue weighted by molar-refractivity contribution is -0.143. The Balaban J connectivity index is 1.76. The summed E-state index contributed by atoms with van der Waals surface area (Å²) in [5.74, 6) is -1.22. The molecule has 0 aromatic heterocycles. The van der Waals surface area contributed by atoms with Crippen LogP contribution in [0, 0.1) is 12.7 Å². The summed E-state index contributed by atoms with van der Waals surface area (Å²) in [6.45, 7) is 1.69. The van der Waals surface area contributed by atoms with E-state index in [1.807, 2.05) is 6.92 Å². The van der Waals surface area contributed by atoms with Crippen molar-refractivity contribution in [2.45, 2.75) is 43.4 Å². The van der Waals surface area contributed by atoms with Gasteiger partial charge in [0.1, 0.15) is 24.2 Å². The van der Waals surface area contributed by atoms with Crippen LogP contribution >= 0.6 is 0 Å². The number of carboxylic acids is 1. The molecule has 3 rings (SSSR count). The second kappa shape index (κ2) is 8.48. The Bertz CT molecular complexity index is 993. The van der Waals surface area contributed by atoms with Crippen molar-refractivity contribution < 1.29 is 32.6 Å². The van der Waals surface area contributed by atoms with Crippen molar-refractivity contribution >= 4 is 16.0 Å². The largest absolute Gasteiger partial charge is 0.489 e. The molecule has 1 aliphatic rings. The van der Waals surface area contributed by atoms with Crippen LogP contribution in [0.1, 0.15) is 24.0 Å². The number of ether oxygens (including phenoxy) is 1. The smallest absolute Gasteiger partial charge is 0.322 e. The lowest BCUT2D eigenvalue weighted by Gasteiger charge is -2.34. The first-order chi connectivity index (χ1) is 13.7. The number of piperidine rings is 1. The van der Waals surface area contributed by atoms with E-state index in [-0.39, 0.29) is 36.7 Å². The van der Waals surface area contributed by atoms with Gasteiger partial charge in [0.05, 0.1) is 11.0 Å². The zero-order chi connectivity index (χ0) is 21.2. The minimum atomic E-state index is -4.10. The maximum atomic E-state index is 13.4. The molecule has 1 aliphatic heterocycles. The van der Waals surface area contributed by atoms with Crippen molar-refractivity contribution in [3.8, 4) is 5.75 Å². The van der Waals surface area contributed by atoms with E-state index in [4.69, 9.17) is 4.74 Å². The quantitative estimate of drug-likeness (QED) is 0.739. The number of carboxylic acid groups (broad SMARTS) is 1. The molecule has 0 unspecified atom stereocenters. The SMILES string of the molecule is Cc1ccc(F)cc1COc1ccc(S(=O)(=O)N2C[C@H](O)CC[C@@H]2C(=O)O)cc1. The van der Waals surface area contributed by atoms with Gasteiger partial charge < -0.3 is 14.9 Å². The summed E-state index contributed by atoms with van der Waals surface area (Å²) in [5.41, 5.74) is 1.54. The fourth-order valence-electron chi connectivity index (χ4n) is 3.23. The van der Waals surface area contributed by atoms with Crippen LogP contribution in [-0.4, -0.2) is 47.6 Å². The number of nitrogens with zero attached hydrogens (tertiary/aromatic N) is 1. The van der Waals surface area contributed by atoms with Gasteiger partial charge >= 0.3 is 5.97 Å². The first-order valence-corrected chi connectivity index (χ1v) is 10.5. The maximum Gasteiger partial charge on any atom is 0.322 e. The second-order valence-corrected chi connectivity index (χ2v) is 8.88. The van der Waals surface area contributed by atoms with Gasteiger partial charge in [0, 0.05) is 6.54 Å². The molecule has 0 spiro atoms. The van der Waals surface area contributed by atoms with Crippen molar-refractivity contribution in [1.82, 2.24) is 4.31 Å². The molecule has 9 heteroatoms. The summed E-state index contributed by atoms with van der Waals surface area (Å²) in [4.78, 5) is 11.3. The van der Waals surface area contributed by atoms with Crippen molar-refractivity contribution in [1.29, 1.82) is 0 Å². The highest BCUT2D eigenvalue weighted by atomic mass is 32.2. The topological polar surface area (TPSA) is 104 Å². The van der Waals surface area contributed by atoms with E-state index in [0.717, 1.165) is 9.87 Å². The number of aryl methyl sites for hydroxylation is 1. The monoisotopic (exact) mass is 423 g/mol. The Kier molecular flexibility index (Phi) is 6.21. The molecule has 1 fully saturated rings. The number of benzene rings is 2. The maximum absolute atomic E-state index is 13.4. The number of halogens is 1. The van der Waals surface area contributed by atoms with Gasteiger partial charge in [-0.15, -0.1) is 0 Å². The van der Waals surface area contributed by atoms with Gasteiger partial charge in [-0.1, -0.05) is 6.07 Å². The lowest BCUT2D eigenvalue weighted by Crippen LogP contribution is -2.51. The highest BCUT2D eigenvalue weighted by molar-refractivity contribution is 7.89. The van der Waals surface area contributed by atoms with Crippen molar-refractivity contribution in [2.24, 2.45) is 0 Å². The number of hydrogen-bond acceptors (Lipinski definition) is 5. The third-order valence-electron chi connectivity index (χ3n) is 4.93. The van der Waals surface area contributed by atoms with E-state index < -0.39 is 28.1 Å². The molecule has 7 nitrogen and oxygen atoms in total. The summed E-state index contributed by atoms with van der Waals surface area (Å²) in [7, 11) is -4.10. The zero-order valence-electron chi connectivity index (χ0n) is 15.8. The Labute approximate surface area is 168 Å². The van der Waals surface area contributed by atoms with Gasteiger partial charge in [-0.25, -0.2) is 12.8 Å². The Hall–Kier alpha value is -2.49. The van der Waals surface area contributed by atoms with Crippen LogP contribution in [0.5, 0.6) is 5.75 Å². The van der Waals surface area contributed by atoms with E-state index in [1.165, 1.54) is 36.4 Å². The van der Waals surface area contributed by atoms with Gasteiger partial charge in [0.15, 0.2) is 0 Å². The van der Waals surface area contributed by atoms with Gasteiger partial charge in [0.25, 0.3) is 0 Å². The number of aliphatic hydroxyl groups is 1. The predicted octanol–water partition coefficient (Wildman–Crippen LogP) is 2.31. The van der Waals surface area contributed by atoms with E-state index in [2.05, 4.69) is 0 Å². The summed E-state index contributed by atoms with van der Waals surface area (Å²) in [5, 5.41) is 19.1. The first kappa shape index (κ1) is 21.2. The van der Waals surface area contributed by atoms with Crippen molar-refractivity contribution in [3.05, 3.63) is 59.4 Å². The van der Waals surface area contributed by atoms with Gasteiger partial charge in [-0.2, -0.15) is 4.31 Å². The molecule has 0 saturated carbocycles. The molecule has 2 atom stereocenters. The first-order valence-electron chi connectivity index (χ1n) is 9.09. The number of rotatable bonds is 6. The van der Waals surface area contributed by atoms with E-state index in [9.17, 15) is 27.8 Å². The van der Waals surface area contributed by atoms with Crippen LogP contribution in [0.4, 0.5) is 4.39 Å². The van der Waals surface area contributed by atoms with Crippen molar-refractivity contribution in [2.75, 3.05) is 6.54 Å². The van der Waals surface area contributed by atoms with E-state index in [0.29, 0.717) is 11.3 Å². The molecule has 0 bridgehead atoms. The summed E-state index contributed by atoms with van der Waals surface area (Å²) < 4.78 is 45.6. The van der Waals surface area contributed by atoms with Crippen LogP contribution < -0.4 is 4.74 Å². The number of β-amino-alcohol motifs (C(OH)–C–C–N with tert-alkyl or cyclic N) is 1. The fourth-order valence-corrected chi connectivity index (χ4v) is 4.88. The minimum absolute atomic E-state index is 0.0455. The van der Waals surface area contributed by atoms with Gasteiger partial charge in [-0.05, 0) is 67.3 Å². The molecule has 0 amide bonds. The van der Waals surface area contributed by atoms with Gasteiger partial charge in [-0.3, -0.25) is 4.79 Å². The predicted molar refractivity (Wildman–Crippen MR) is 102 cm³/mol. The third-order valence-corrected chi connectivity index (χ3v) is 6.82. The number of aliphatic carboxylic acids is 1. The molecular weight excluding hydrogens is 401 g/mol. The third kappa shape index (κ3) is 4.75. The lowest BCUT2D eigenvalue weighted by atomic mass is 10.0. The molecule has 2 N–H and O–H groups in total. The average Bonchev–Trinajstić information content (AvgIpc) is 2.68. The van der Waals surface area contributed by atoms with E-state index >= 15 is 0 Å². The molecule has 0 radical (unpaired) electrons. The standard InChI is InChI=1S/C20H22FNO6S/c1-13-2-3-15(21)10-14(13)12-28-17-5-7-18(8-6-17)29(26,27)22-11-16(23)4-9-19(22)20(24)25/h2-3,5-8,10,16,19,23H,4,9,11-12H2,1H3,(H,24,25)/t16-,19-/m1/s1. The van der Waals surface area contributed by atoms with Crippen LogP contribution in [0.15, 0.2) is 47.4 Å². The molecule has 1 saturated heterocycles. The fraction of sp³-hybridized carbons (Fsp3) is 0.350. The van der Waals surface area contributed by atoms with Crippen LogP contribution in [-0.2, 0) is 21.4 Å². The molecule has 1 heterocycles. The van der Waals surface area contributed by atoms with Crippen molar-refractivity contribution in [3.63, 3.8) is 0 Å². The highest BCUT2D eigenvalue weighted by Gasteiger charge is 2.40. The Morgan fingerprint density at radius 1 is 1.21 bits per heavy atom. The zero-order valence-corrected chi connectivity index (χ0v) is 16.6. The average molecular weight is 423 g/mol. The Morgan fingerprint density at radius 3 is 2.55 bits per heavy atom. The van der Waals surface area contributed by atoms with Gasteiger partial charge in [0.2, 0.25) is 10.0 Å². The number of carbonyl (C=O) groups is 1. The second-order valence-electron chi connectivity index (χ2n) is 6.99.